The van der Waals surface area contributed by atoms with Crippen LogP contribution in [-0.4, -0.2) is 52.9 Å². The number of nitrogens with zero attached hydrogens (tertiary/aromatic N) is 4. The predicted octanol–water partition coefficient (Wildman–Crippen LogP) is 3.72. The van der Waals surface area contributed by atoms with Crippen LogP contribution in [-0.2, 0) is 15.8 Å². The van der Waals surface area contributed by atoms with Crippen LogP contribution in [0.5, 0.6) is 0 Å². The summed E-state index contributed by atoms with van der Waals surface area (Å²) in [7, 11) is 0. The Morgan fingerprint density at radius 1 is 1.26 bits per heavy atom. The molecule has 1 aromatic rings. The Bertz CT molecular complexity index is 837. The highest BCUT2D eigenvalue weighted by Gasteiger charge is 2.62. The molecule has 190 valence electrons. The first kappa shape index (κ1) is 29.1. The molecule has 34 heavy (non-hydrogen) atoms. The molecular weight excluding hydrogens is 449 g/mol. The van der Waals surface area contributed by atoms with E-state index in [0.717, 1.165) is 18.3 Å². The van der Waals surface area contributed by atoms with Crippen LogP contribution >= 0.6 is 0 Å². The molecule has 0 bridgehead atoms. The van der Waals surface area contributed by atoms with E-state index in [1.807, 2.05) is 13.0 Å². The van der Waals surface area contributed by atoms with Crippen LogP contribution in [0.15, 0.2) is 12.4 Å². The third kappa shape index (κ3) is 8.47. The molecule has 2 heterocycles. The van der Waals surface area contributed by atoms with Gasteiger partial charge in [-0.1, -0.05) is 41.5 Å². The number of rotatable bonds is 6. The molecule has 2 fully saturated rings. The third-order valence-corrected chi connectivity index (χ3v) is 5.68. The minimum Gasteiger partial charge on any atom is -0.359 e. The molecule has 3 unspecified atom stereocenters. The fourth-order valence-electron chi connectivity index (χ4n) is 3.61. The van der Waals surface area contributed by atoms with E-state index in [4.69, 9.17) is 5.26 Å². The summed E-state index contributed by atoms with van der Waals surface area (Å²) in [5.41, 5.74) is -0.813. The molecule has 1 aromatic heterocycles. The van der Waals surface area contributed by atoms with E-state index in [1.165, 1.54) is 0 Å². The number of carbonyl (C=O) groups is 2. The van der Waals surface area contributed by atoms with Gasteiger partial charge >= 0.3 is 6.18 Å². The van der Waals surface area contributed by atoms with Crippen molar-refractivity contribution in [2.24, 2.45) is 23.2 Å². The third-order valence-electron chi connectivity index (χ3n) is 5.68. The van der Waals surface area contributed by atoms with Gasteiger partial charge in [-0.05, 0) is 29.6 Å². The Balaban J connectivity index is 0.000000403. The first-order valence-corrected chi connectivity index (χ1v) is 11.3. The maximum absolute atomic E-state index is 12.8. The molecule has 0 aromatic carbocycles. The van der Waals surface area contributed by atoms with Crippen LogP contribution in [0.4, 0.5) is 19.0 Å². The summed E-state index contributed by atoms with van der Waals surface area (Å²) in [6.07, 6.45) is -1.26. The number of carbonyl (C=O) groups excluding carboxylic acids is 2. The van der Waals surface area contributed by atoms with Crippen LogP contribution in [0.25, 0.3) is 0 Å². The molecule has 2 amide bonds. The van der Waals surface area contributed by atoms with E-state index in [2.05, 4.69) is 55.2 Å². The zero-order chi connectivity index (χ0) is 26.1. The van der Waals surface area contributed by atoms with Gasteiger partial charge in [-0.2, -0.15) is 18.4 Å². The van der Waals surface area contributed by atoms with Crippen LogP contribution < -0.4 is 10.6 Å². The van der Waals surface area contributed by atoms with Gasteiger partial charge in [0.05, 0.1) is 12.6 Å². The SMILES string of the molecule is CC(C)C.CC1(C)C2CN(C(=O)CNc3nccnc3C(F)(F)F)CC21.CCC(C#N)NC=O. The molecule has 1 aliphatic heterocycles. The molecule has 1 saturated carbocycles. The number of hydrogen-bond acceptors (Lipinski definition) is 6. The minimum atomic E-state index is -4.60. The number of anilines is 1. The van der Waals surface area contributed by atoms with Gasteiger partial charge in [-0.15, -0.1) is 0 Å². The summed E-state index contributed by atoms with van der Waals surface area (Å²) in [6, 6.07) is 1.60. The summed E-state index contributed by atoms with van der Waals surface area (Å²) in [5.74, 6) is 1.24. The largest absolute Gasteiger partial charge is 0.437 e. The average molecular weight is 485 g/mol. The standard InChI is InChI=1S/C14H17F3N4O.C5H8N2O.C4H10/c1-13(2)8-6-21(7-9(8)13)10(22)5-20-12-11(14(15,16)17)18-3-4-19-12;1-2-5(3-6)7-4-8;1-4(2)3/h3-4,8-9H,5-7H2,1-2H3,(H,19,20);4-5H,2H2,1H3,(H,7,8);4H,1-3H3. The quantitative estimate of drug-likeness (QED) is 0.596. The van der Waals surface area contributed by atoms with Crippen molar-refractivity contribution in [2.75, 3.05) is 25.0 Å². The molecule has 3 atom stereocenters. The van der Waals surface area contributed by atoms with Gasteiger partial charge in [0.25, 0.3) is 0 Å². The van der Waals surface area contributed by atoms with E-state index in [9.17, 15) is 22.8 Å². The topological polar surface area (TPSA) is 111 Å². The maximum Gasteiger partial charge on any atom is 0.437 e. The molecule has 2 aliphatic rings. The number of amides is 2. The molecule has 0 radical (unpaired) electrons. The Morgan fingerprint density at radius 3 is 2.21 bits per heavy atom. The molecule has 2 N–H and O–H groups in total. The first-order valence-electron chi connectivity index (χ1n) is 11.3. The van der Waals surface area contributed by atoms with E-state index in [0.29, 0.717) is 43.2 Å². The Kier molecular flexibility index (Phi) is 10.7. The van der Waals surface area contributed by atoms with Crippen molar-refractivity contribution in [1.82, 2.24) is 20.2 Å². The Morgan fingerprint density at radius 2 is 1.79 bits per heavy atom. The normalized spacial score (nSPS) is 20.4. The summed E-state index contributed by atoms with van der Waals surface area (Å²) in [4.78, 5) is 30.4. The maximum atomic E-state index is 12.8. The predicted molar refractivity (Wildman–Crippen MR) is 122 cm³/mol. The van der Waals surface area contributed by atoms with Gasteiger partial charge in [0.1, 0.15) is 6.04 Å². The number of nitrogens with one attached hydrogen (secondary N) is 2. The van der Waals surface area contributed by atoms with Crippen molar-refractivity contribution < 1.29 is 22.8 Å². The number of piperidine rings is 1. The van der Waals surface area contributed by atoms with Crippen LogP contribution in [0.2, 0.25) is 0 Å². The van der Waals surface area contributed by atoms with E-state index in [1.54, 1.807) is 4.90 Å². The van der Waals surface area contributed by atoms with E-state index in [-0.39, 0.29) is 18.5 Å². The zero-order valence-corrected chi connectivity index (χ0v) is 20.6. The summed E-state index contributed by atoms with van der Waals surface area (Å²) in [5, 5.41) is 13.0. The molecule has 0 spiro atoms. The van der Waals surface area contributed by atoms with E-state index < -0.39 is 17.7 Å². The lowest BCUT2D eigenvalue weighted by atomic mass is 10.1. The second-order valence-corrected chi connectivity index (χ2v) is 9.54. The second kappa shape index (κ2) is 12.5. The van der Waals surface area contributed by atoms with Crippen LogP contribution in [0.1, 0.15) is 53.7 Å². The zero-order valence-electron chi connectivity index (χ0n) is 20.6. The Labute approximate surface area is 199 Å². The number of fused-ring (bicyclic) bond motifs is 1. The van der Waals surface area contributed by atoms with Gasteiger partial charge in [0, 0.05) is 25.5 Å². The van der Waals surface area contributed by atoms with Crippen molar-refractivity contribution in [3.05, 3.63) is 18.1 Å². The molecular formula is C23H35F3N6O2. The first-order chi connectivity index (χ1) is 15.8. The van der Waals surface area contributed by atoms with Gasteiger partial charge < -0.3 is 15.5 Å². The molecule has 1 saturated heterocycles. The minimum absolute atomic E-state index is 0.207. The van der Waals surface area contributed by atoms with Gasteiger partial charge in [-0.3, -0.25) is 9.59 Å². The summed E-state index contributed by atoms with van der Waals surface area (Å²) < 4.78 is 38.3. The van der Waals surface area contributed by atoms with E-state index >= 15 is 0 Å². The molecule has 8 nitrogen and oxygen atoms in total. The van der Waals surface area contributed by atoms with Crippen molar-refractivity contribution in [2.45, 2.75) is 60.2 Å². The lowest BCUT2D eigenvalue weighted by Gasteiger charge is -2.22. The lowest BCUT2D eigenvalue weighted by molar-refractivity contribution is -0.141. The molecule has 3 rings (SSSR count). The highest BCUT2D eigenvalue weighted by Crippen LogP contribution is 2.61. The summed E-state index contributed by atoms with van der Waals surface area (Å²) in [6.45, 7) is 13.9. The van der Waals surface area contributed by atoms with Crippen molar-refractivity contribution >= 4 is 18.1 Å². The fourth-order valence-corrected chi connectivity index (χ4v) is 3.61. The number of halogens is 3. The van der Waals surface area contributed by atoms with Gasteiger partial charge in [-0.25, -0.2) is 9.97 Å². The average Bonchev–Trinajstić information content (AvgIpc) is 3.09. The highest BCUT2D eigenvalue weighted by molar-refractivity contribution is 5.81. The highest BCUT2D eigenvalue weighted by atomic mass is 19.4. The number of alkyl halides is 3. The number of likely N-dealkylation sites (tertiary alicyclic amines) is 1. The number of hydrogen-bond donors (Lipinski definition) is 2. The fraction of sp³-hybridized carbons (Fsp3) is 0.696. The Hall–Kier alpha value is -2.90. The van der Waals surface area contributed by atoms with Crippen molar-refractivity contribution in [1.29, 1.82) is 5.26 Å². The second-order valence-electron chi connectivity index (χ2n) is 9.54. The van der Waals surface area contributed by atoms with Crippen molar-refractivity contribution in [3.8, 4) is 6.07 Å². The number of nitriles is 1. The van der Waals surface area contributed by atoms with Crippen LogP contribution in [0, 0.1) is 34.5 Å². The molecule has 1 aliphatic carbocycles. The van der Waals surface area contributed by atoms with Gasteiger partial charge in [0.2, 0.25) is 12.3 Å². The van der Waals surface area contributed by atoms with Crippen molar-refractivity contribution in [3.63, 3.8) is 0 Å². The van der Waals surface area contributed by atoms with Gasteiger partial charge in [0.15, 0.2) is 11.5 Å². The number of aromatic nitrogens is 2. The summed E-state index contributed by atoms with van der Waals surface area (Å²) >= 11 is 0. The van der Waals surface area contributed by atoms with Crippen LogP contribution in [0.3, 0.4) is 0 Å². The smallest absolute Gasteiger partial charge is 0.359 e. The lowest BCUT2D eigenvalue weighted by Crippen LogP contribution is -2.37. The monoisotopic (exact) mass is 484 g/mol. The molecule has 11 heteroatoms.